The van der Waals surface area contributed by atoms with Crippen molar-refractivity contribution >= 4 is 11.3 Å². The van der Waals surface area contributed by atoms with E-state index in [1.165, 1.54) is 49.2 Å². The van der Waals surface area contributed by atoms with Gasteiger partial charge in [-0.25, -0.2) is 0 Å². The molecule has 1 fully saturated rings. The van der Waals surface area contributed by atoms with Crippen molar-refractivity contribution < 1.29 is 0 Å². The molecule has 114 valence electrons. The van der Waals surface area contributed by atoms with Gasteiger partial charge in [-0.15, -0.1) is 11.3 Å². The first-order valence-electron chi connectivity index (χ1n) is 8.09. The molecule has 1 atom stereocenters. The molecule has 1 aromatic rings. The Hall–Kier alpha value is -0.380. The standard InChI is InChI=1S/C17H30N2S/c1-5-18-16(15-10-13-20-14(15)2)17(3,4)19-11-8-6-7-9-12-19/h10,13,16,18H,5-9,11-12H2,1-4H3. The predicted molar refractivity (Wildman–Crippen MR) is 89.6 cm³/mol. The van der Waals surface area contributed by atoms with Crippen LogP contribution in [-0.2, 0) is 0 Å². The number of likely N-dealkylation sites (tertiary alicyclic amines) is 1. The smallest absolute Gasteiger partial charge is 0.0512 e. The van der Waals surface area contributed by atoms with Gasteiger partial charge in [0.1, 0.15) is 0 Å². The second-order valence-electron chi connectivity index (χ2n) is 6.48. The van der Waals surface area contributed by atoms with Crippen LogP contribution in [0, 0.1) is 6.92 Å². The maximum Gasteiger partial charge on any atom is 0.0512 e. The van der Waals surface area contributed by atoms with E-state index in [2.05, 4.69) is 49.4 Å². The number of nitrogens with one attached hydrogen (secondary N) is 1. The Morgan fingerprint density at radius 3 is 2.40 bits per heavy atom. The number of hydrogen-bond donors (Lipinski definition) is 1. The Morgan fingerprint density at radius 2 is 1.90 bits per heavy atom. The van der Waals surface area contributed by atoms with Crippen LogP contribution < -0.4 is 5.32 Å². The molecule has 0 amide bonds. The first kappa shape index (κ1) is 16.0. The van der Waals surface area contributed by atoms with Crippen molar-refractivity contribution in [3.8, 4) is 0 Å². The molecular formula is C17H30N2S. The number of hydrogen-bond acceptors (Lipinski definition) is 3. The van der Waals surface area contributed by atoms with E-state index in [-0.39, 0.29) is 5.54 Å². The number of aryl methyl sites for hydroxylation is 1. The van der Waals surface area contributed by atoms with Crippen molar-refractivity contribution in [2.75, 3.05) is 19.6 Å². The van der Waals surface area contributed by atoms with Gasteiger partial charge >= 0.3 is 0 Å². The molecule has 0 aromatic carbocycles. The van der Waals surface area contributed by atoms with Crippen LogP contribution in [0.5, 0.6) is 0 Å². The SMILES string of the molecule is CCNC(c1ccsc1C)C(C)(C)N1CCCCCC1. The predicted octanol–water partition coefficient (Wildman–Crippen LogP) is 4.36. The van der Waals surface area contributed by atoms with Gasteiger partial charge in [-0.05, 0) is 70.3 Å². The summed E-state index contributed by atoms with van der Waals surface area (Å²) in [6, 6.07) is 2.74. The minimum Gasteiger partial charge on any atom is -0.309 e. The van der Waals surface area contributed by atoms with E-state index in [1.54, 1.807) is 0 Å². The molecule has 20 heavy (non-hydrogen) atoms. The van der Waals surface area contributed by atoms with Crippen molar-refractivity contribution in [3.63, 3.8) is 0 Å². The molecule has 1 aliphatic heterocycles. The highest BCUT2D eigenvalue weighted by Crippen LogP contribution is 2.35. The van der Waals surface area contributed by atoms with Crippen molar-refractivity contribution in [3.05, 3.63) is 21.9 Å². The van der Waals surface area contributed by atoms with E-state index in [0.717, 1.165) is 6.54 Å². The lowest BCUT2D eigenvalue weighted by Gasteiger charge is -2.44. The molecule has 1 aromatic heterocycles. The fraction of sp³-hybridized carbons (Fsp3) is 0.765. The Bertz CT molecular complexity index is 403. The molecule has 0 saturated carbocycles. The highest BCUT2D eigenvalue weighted by atomic mass is 32.1. The summed E-state index contributed by atoms with van der Waals surface area (Å²) in [6.07, 6.45) is 5.50. The first-order valence-corrected chi connectivity index (χ1v) is 8.97. The number of nitrogens with zero attached hydrogens (tertiary/aromatic N) is 1. The lowest BCUT2D eigenvalue weighted by Crippen LogP contribution is -2.53. The Labute approximate surface area is 128 Å². The zero-order valence-electron chi connectivity index (χ0n) is 13.5. The topological polar surface area (TPSA) is 15.3 Å². The van der Waals surface area contributed by atoms with Gasteiger partial charge in [0.15, 0.2) is 0 Å². The third kappa shape index (κ3) is 3.44. The highest BCUT2D eigenvalue weighted by Gasteiger charge is 2.36. The zero-order chi connectivity index (χ0) is 14.6. The fourth-order valence-electron chi connectivity index (χ4n) is 3.47. The minimum atomic E-state index is 0.173. The van der Waals surface area contributed by atoms with Gasteiger partial charge in [-0.3, -0.25) is 4.90 Å². The van der Waals surface area contributed by atoms with Gasteiger partial charge in [-0.2, -0.15) is 0 Å². The summed E-state index contributed by atoms with van der Waals surface area (Å²) in [4.78, 5) is 4.17. The molecule has 3 heteroatoms. The summed E-state index contributed by atoms with van der Waals surface area (Å²) >= 11 is 1.87. The normalized spacial score (nSPS) is 19.8. The van der Waals surface area contributed by atoms with Crippen molar-refractivity contribution in [1.82, 2.24) is 10.2 Å². The Balaban J connectivity index is 2.24. The number of thiophene rings is 1. The molecule has 2 rings (SSSR count). The van der Waals surface area contributed by atoms with Gasteiger partial charge in [0.25, 0.3) is 0 Å². The molecule has 1 N–H and O–H groups in total. The molecule has 0 aliphatic carbocycles. The van der Waals surface area contributed by atoms with Gasteiger partial charge in [-0.1, -0.05) is 19.8 Å². The van der Waals surface area contributed by atoms with E-state index in [4.69, 9.17) is 0 Å². The molecule has 1 saturated heterocycles. The van der Waals surface area contributed by atoms with E-state index < -0.39 is 0 Å². The van der Waals surface area contributed by atoms with Crippen LogP contribution in [0.3, 0.4) is 0 Å². The van der Waals surface area contributed by atoms with E-state index in [1.807, 2.05) is 11.3 Å². The molecular weight excluding hydrogens is 264 g/mol. The van der Waals surface area contributed by atoms with Crippen LogP contribution in [0.2, 0.25) is 0 Å². The molecule has 2 nitrogen and oxygen atoms in total. The number of likely N-dealkylation sites (N-methyl/N-ethyl adjacent to an activating group) is 1. The van der Waals surface area contributed by atoms with Gasteiger partial charge in [0, 0.05) is 10.4 Å². The second-order valence-corrected chi connectivity index (χ2v) is 7.60. The molecule has 1 aliphatic rings. The van der Waals surface area contributed by atoms with Crippen molar-refractivity contribution in [1.29, 1.82) is 0 Å². The summed E-state index contributed by atoms with van der Waals surface area (Å²) in [5.41, 5.74) is 1.66. The molecule has 0 radical (unpaired) electrons. The number of rotatable bonds is 5. The largest absolute Gasteiger partial charge is 0.309 e. The fourth-order valence-corrected chi connectivity index (χ4v) is 4.21. The summed E-state index contributed by atoms with van der Waals surface area (Å²) in [5.74, 6) is 0. The first-order chi connectivity index (χ1) is 9.57. The van der Waals surface area contributed by atoms with E-state index >= 15 is 0 Å². The summed E-state index contributed by atoms with van der Waals surface area (Å²) in [6.45, 7) is 12.8. The van der Waals surface area contributed by atoms with E-state index in [0.29, 0.717) is 6.04 Å². The molecule has 0 spiro atoms. The molecule has 0 bridgehead atoms. The van der Waals surface area contributed by atoms with Gasteiger partial charge < -0.3 is 5.32 Å². The van der Waals surface area contributed by atoms with Crippen LogP contribution in [-0.4, -0.2) is 30.1 Å². The summed E-state index contributed by atoms with van der Waals surface area (Å²) in [5, 5.41) is 5.98. The van der Waals surface area contributed by atoms with Crippen molar-refractivity contribution in [2.24, 2.45) is 0 Å². The quantitative estimate of drug-likeness (QED) is 0.868. The Kier molecular flexibility index (Phi) is 5.65. The molecule has 2 heterocycles. The second kappa shape index (κ2) is 7.06. The van der Waals surface area contributed by atoms with Crippen LogP contribution in [0.1, 0.15) is 62.9 Å². The average molecular weight is 295 g/mol. The lowest BCUT2D eigenvalue weighted by atomic mass is 9.86. The van der Waals surface area contributed by atoms with Crippen LogP contribution in [0.4, 0.5) is 0 Å². The van der Waals surface area contributed by atoms with Gasteiger partial charge in [0.05, 0.1) is 6.04 Å². The minimum absolute atomic E-state index is 0.173. The Morgan fingerprint density at radius 1 is 1.25 bits per heavy atom. The maximum atomic E-state index is 3.75. The van der Waals surface area contributed by atoms with Crippen LogP contribution in [0.15, 0.2) is 11.4 Å². The maximum absolute atomic E-state index is 3.75. The third-order valence-corrected chi connectivity index (χ3v) is 5.61. The highest BCUT2D eigenvalue weighted by molar-refractivity contribution is 7.10. The van der Waals surface area contributed by atoms with Crippen molar-refractivity contribution in [2.45, 2.75) is 65.0 Å². The average Bonchev–Trinajstić information content (AvgIpc) is 2.69. The summed E-state index contributed by atoms with van der Waals surface area (Å²) < 4.78 is 0. The molecule has 1 unspecified atom stereocenters. The zero-order valence-corrected chi connectivity index (χ0v) is 14.4. The summed E-state index contributed by atoms with van der Waals surface area (Å²) in [7, 11) is 0. The monoisotopic (exact) mass is 294 g/mol. The van der Waals surface area contributed by atoms with Gasteiger partial charge in [0.2, 0.25) is 0 Å². The van der Waals surface area contributed by atoms with Crippen LogP contribution >= 0.6 is 11.3 Å². The lowest BCUT2D eigenvalue weighted by molar-refractivity contribution is 0.0839. The third-order valence-electron chi connectivity index (χ3n) is 4.75. The van der Waals surface area contributed by atoms with E-state index in [9.17, 15) is 0 Å². The van der Waals surface area contributed by atoms with Crippen LogP contribution in [0.25, 0.3) is 0 Å².